The van der Waals surface area contributed by atoms with Gasteiger partial charge in [-0.3, -0.25) is 4.79 Å². The van der Waals surface area contributed by atoms with E-state index in [0.29, 0.717) is 18.0 Å². The van der Waals surface area contributed by atoms with Crippen LogP contribution in [0.2, 0.25) is 0 Å². The largest absolute Gasteiger partial charge is 0.441 e. The first kappa shape index (κ1) is 23.6. The van der Waals surface area contributed by atoms with Crippen LogP contribution in [0.25, 0.3) is 11.5 Å². The van der Waals surface area contributed by atoms with Crippen LogP contribution in [0.5, 0.6) is 0 Å². The van der Waals surface area contributed by atoms with Gasteiger partial charge < -0.3 is 14.6 Å². The minimum Gasteiger partial charge on any atom is -0.441 e. The second kappa shape index (κ2) is 11.5. The van der Waals surface area contributed by atoms with Crippen LogP contribution in [-0.2, 0) is 5.75 Å². The lowest BCUT2D eigenvalue weighted by Crippen LogP contribution is -2.35. The number of nitrogens with one attached hydrogen (secondary N) is 1. The number of aromatic nitrogens is 1. The van der Waals surface area contributed by atoms with Gasteiger partial charge in [-0.1, -0.05) is 30.5 Å². The zero-order valence-electron chi connectivity index (χ0n) is 19.6. The summed E-state index contributed by atoms with van der Waals surface area (Å²) in [6.45, 7) is 7.93. The molecule has 6 heteroatoms. The van der Waals surface area contributed by atoms with Gasteiger partial charge in [0.25, 0.3) is 5.91 Å². The zero-order valence-corrected chi connectivity index (χ0v) is 20.4. The number of aryl methyl sites for hydroxylation is 2. The molecule has 0 aliphatic carbocycles. The fourth-order valence-electron chi connectivity index (χ4n) is 4.03. The summed E-state index contributed by atoms with van der Waals surface area (Å²) in [6.07, 6.45) is 5.18. The van der Waals surface area contributed by atoms with Crippen molar-refractivity contribution >= 4 is 17.7 Å². The molecule has 0 unspecified atom stereocenters. The van der Waals surface area contributed by atoms with Gasteiger partial charge in [-0.2, -0.15) is 0 Å². The Hall–Kier alpha value is -2.57. The van der Waals surface area contributed by atoms with Crippen molar-refractivity contribution in [3.8, 4) is 11.5 Å². The average molecular weight is 466 g/mol. The zero-order chi connectivity index (χ0) is 23.0. The first-order valence-corrected chi connectivity index (χ1v) is 12.8. The maximum Gasteiger partial charge on any atom is 0.251 e. The monoisotopic (exact) mass is 465 g/mol. The van der Waals surface area contributed by atoms with Crippen molar-refractivity contribution in [2.24, 2.45) is 0 Å². The molecule has 176 valence electrons. The lowest BCUT2D eigenvalue weighted by molar-refractivity contribution is 0.0948. The molecule has 1 fully saturated rings. The highest BCUT2D eigenvalue weighted by molar-refractivity contribution is 7.98. The Morgan fingerprint density at radius 1 is 1.03 bits per heavy atom. The molecular formula is C27H35N3O2S. The SMILES string of the molecule is Cc1ccc(SCc2nc(-c3ccc(C(=O)NCCN4CCCCCC4)cc3)oc2C)cc1.[HH]. The van der Waals surface area contributed by atoms with E-state index >= 15 is 0 Å². The summed E-state index contributed by atoms with van der Waals surface area (Å²) >= 11 is 1.75. The summed E-state index contributed by atoms with van der Waals surface area (Å²) in [5, 5.41) is 3.05. The Bertz CT molecular complexity index is 1040. The number of likely N-dealkylation sites (tertiary alicyclic amines) is 1. The number of amides is 1. The molecule has 0 saturated carbocycles. The fraction of sp³-hybridized carbons (Fsp3) is 0.407. The molecule has 0 spiro atoms. The van der Waals surface area contributed by atoms with Gasteiger partial charge in [0.1, 0.15) is 5.76 Å². The molecule has 1 N–H and O–H groups in total. The second-order valence-electron chi connectivity index (χ2n) is 8.71. The molecule has 4 rings (SSSR count). The predicted octanol–water partition coefficient (Wildman–Crippen LogP) is 6.10. The average Bonchev–Trinajstić information content (AvgIpc) is 3.02. The first-order chi connectivity index (χ1) is 16.1. The van der Waals surface area contributed by atoms with Crippen LogP contribution in [-0.4, -0.2) is 42.0 Å². The van der Waals surface area contributed by atoms with Crippen LogP contribution in [0, 0.1) is 13.8 Å². The second-order valence-corrected chi connectivity index (χ2v) is 9.76. The minimum absolute atomic E-state index is 0. The van der Waals surface area contributed by atoms with Crippen molar-refractivity contribution < 1.29 is 10.6 Å². The van der Waals surface area contributed by atoms with Crippen molar-refractivity contribution in [2.45, 2.75) is 50.2 Å². The highest BCUT2D eigenvalue weighted by atomic mass is 32.2. The molecule has 3 aromatic rings. The number of oxazole rings is 1. The summed E-state index contributed by atoms with van der Waals surface area (Å²) in [4.78, 5) is 20.9. The number of benzene rings is 2. The lowest BCUT2D eigenvalue weighted by Gasteiger charge is -2.19. The van der Waals surface area contributed by atoms with Gasteiger partial charge in [-0.25, -0.2) is 4.98 Å². The number of thioether (sulfide) groups is 1. The van der Waals surface area contributed by atoms with Crippen LogP contribution in [0.3, 0.4) is 0 Å². The van der Waals surface area contributed by atoms with E-state index < -0.39 is 0 Å². The van der Waals surface area contributed by atoms with Gasteiger partial charge in [0.2, 0.25) is 5.89 Å². The number of nitrogens with zero attached hydrogens (tertiary/aromatic N) is 2. The minimum atomic E-state index is -0.0323. The quantitative estimate of drug-likeness (QED) is 0.407. The Labute approximate surface area is 202 Å². The van der Waals surface area contributed by atoms with E-state index in [1.807, 2.05) is 31.2 Å². The van der Waals surface area contributed by atoms with Gasteiger partial charge in [-0.15, -0.1) is 11.8 Å². The molecule has 1 aliphatic rings. The maximum atomic E-state index is 12.5. The highest BCUT2D eigenvalue weighted by Gasteiger charge is 2.14. The summed E-state index contributed by atoms with van der Waals surface area (Å²) in [6, 6.07) is 16.0. The van der Waals surface area contributed by atoms with Gasteiger partial charge in [-0.05, 0) is 76.2 Å². The molecule has 33 heavy (non-hydrogen) atoms. The number of carbonyl (C=O) groups is 1. The molecule has 1 aromatic heterocycles. The topological polar surface area (TPSA) is 58.4 Å². The van der Waals surface area contributed by atoms with Gasteiger partial charge in [0.05, 0.1) is 5.69 Å². The third-order valence-electron chi connectivity index (χ3n) is 6.10. The van der Waals surface area contributed by atoms with Crippen molar-refractivity contribution in [1.29, 1.82) is 0 Å². The normalized spacial score (nSPS) is 14.7. The van der Waals surface area contributed by atoms with Crippen molar-refractivity contribution in [1.82, 2.24) is 15.2 Å². The molecule has 2 aromatic carbocycles. The smallest absolute Gasteiger partial charge is 0.251 e. The maximum absolute atomic E-state index is 12.5. The van der Waals surface area contributed by atoms with E-state index in [1.165, 1.54) is 36.1 Å². The third kappa shape index (κ3) is 6.71. The Kier molecular flexibility index (Phi) is 8.24. The molecule has 0 radical (unpaired) electrons. The predicted molar refractivity (Wildman–Crippen MR) is 137 cm³/mol. The molecule has 5 nitrogen and oxygen atoms in total. The van der Waals surface area contributed by atoms with Gasteiger partial charge in [0, 0.05) is 36.3 Å². The van der Waals surface area contributed by atoms with E-state index in [9.17, 15) is 4.79 Å². The van der Waals surface area contributed by atoms with Crippen molar-refractivity contribution in [2.75, 3.05) is 26.2 Å². The van der Waals surface area contributed by atoms with Crippen LogP contribution in [0.1, 0.15) is 54.5 Å². The number of carbonyl (C=O) groups excluding carboxylic acids is 1. The molecule has 1 aliphatic heterocycles. The van der Waals surface area contributed by atoms with E-state index in [-0.39, 0.29) is 7.33 Å². The molecule has 2 heterocycles. The van der Waals surface area contributed by atoms with Gasteiger partial charge >= 0.3 is 0 Å². The molecule has 0 bridgehead atoms. The first-order valence-electron chi connectivity index (χ1n) is 11.9. The fourth-order valence-corrected chi connectivity index (χ4v) is 4.92. The van der Waals surface area contributed by atoms with Crippen LogP contribution < -0.4 is 5.32 Å². The van der Waals surface area contributed by atoms with Gasteiger partial charge in [0.15, 0.2) is 0 Å². The summed E-state index contributed by atoms with van der Waals surface area (Å²) in [5.74, 6) is 2.16. The number of hydrogen-bond donors (Lipinski definition) is 1. The van der Waals surface area contributed by atoms with Crippen LogP contribution in [0.4, 0.5) is 0 Å². The molecular weight excluding hydrogens is 430 g/mol. The third-order valence-corrected chi connectivity index (χ3v) is 7.12. The highest BCUT2D eigenvalue weighted by Crippen LogP contribution is 2.28. The summed E-state index contributed by atoms with van der Waals surface area (Å²) < 4.78 is 5.92. The molecule has 1 saturated heterocycles. The molecule has 1 amide bonds. The number of hydrogen-bond acceptors (Lipinski definition) is 5. The Morgan fingerprint density at radius 3 is 2.42 bits per heavy atom. The molecule has 0 atom stereocenters. The van der Waals surface area contributed by atoms with E-state index in [0.717, 1.165) is 42.4 Å². The van der Waals surface area contributed by atoms with E-state index in [1.54, 1.807) is 11.8 Å². The van der Waals surface area contributed by atoms with Crippen molar-refractivity contribution in [3.05, 3.63) is 71.1 Å². The Balaban J connectivity index is 0.00000324. The van der Waals surface area contributed by atoms with Crippen LogP contribution in [0.15, 0.2) is 57.8 Å². The van der Waals surface area contributed by atoms with Crippen LogP contribution >= 0.6 is 11.8 Å². The van der Waals surface area contributed by atoms with Crippen molar-refractivity contribution in [3.63, 3.8) is 0 Å². The lowest BCUT2D eigenvalue weighted by atomic mass is 10.1. The Morgan fingerprint density at radius 2 is 1.73 bits per heavy atom. The summed E-state index contributed by atoms with van der Waals surface area (Å²) in [5.41, 5.74) is 3.75. The summed E-state index contributed by atoms with van der Waals surface area (Å²) in [7, 11) is 0. The van der Waals surface area contributed by atoms with E-state index in [2.05, 4.69) is 41.4 Å². The standard InChI is InChI=1S/C27H33N3O2S.H2/c1-20-7-13-24(14-8-20)33-19-25-21(2)32-27(29-25)23-11-9-22(10-12-23)26(31)28-15-18-30-16-5-3-4-6-17-30;/h7-14H,3-6,15-19H2,1-2H3,(H,28,31);1H. The number of rotatable bonds is 8. The van der Waals surface area contributed by atoms with E-state index in [4.69, 9.17) is 9.40 Å².